The van der Waals surface area contributed by atoms with Crippen molar-refractivity contribution in [3.63, 3.8) is 0 Å². The Kier molecular flexibility index (Phi) is 2.01. The first-order valence-corrected chi connectivity index (χ1v) is 2.85. The van der Waals surface area contributed by atoms with Crippen molar-refractivity contribution in [2.45, 2.75) is 12.4 Å². The molecule has 2 nitrogen and oxygen atoms in total. The highest BCUT2D eigenvalue weighted by Crippen LogP contribution is 2.31. The van der Waals surface area contributed by atoms with Crippen molar-refractivity contribution in [3.05, 3.63) is 11.9 Å². The van der Waals surface area contributed by atoms with Gasteiger partial charge in [0.15, 0.2) is 5.70 Å². The first kappa shape index (κ1) is 9.87. The van der Waals surface area contributed by atoms with Crippen molar-refractivity contribution in [3.8, 4) is 0 Å². The summed E-state index contributed by atoms with van der Waals surface area (Å²) in [6.45, 7) is 0. The lowest BCUT2D eigenvalue weighted by Crippen LogP contribution is -2.27. The molecule has 1 aliphatic rings. The van der Waals surface area contributed by atoms with Crippen molar-refractivity contribution in [1.29, 1.82) is 0 Å². The molecule has 0 saturated heterocycles. The van der Waals surface area contributed by atoms with Gasteiger partial charge in [-0.1, -0.05) is 0 Å². The van der Waals surface area contributed by atoms with Crippen LogP contribution in [0.5, 0.6) is 0 Å². The summed E-state index contributed by atoms with van der Waals surface area (Å²) in [7, 11) is 0. The van der Waals surface area contributed by atoms with Crippen molar-refractivity contribution < 1.29 is 26.3 Å². The zero-order chi connectivity index (χ0) is 10.3. The second-order valence-electron chi connectivity index (χ2n) is 2.07. The minimum Gasteiger partial charge on any atom is -0.231 e. The van der Waals surface area contributed by atoms with Crippen LogP contribution in [-0.4, -0.2) is 18.2 Å². The highest BCUT2D eigenvalue weighted by molar-refractivity contribution is 5.90. The van der Waals surface area contributed by atoms with Crippen LogP contribution in [0.15, 0.2) is 16.9 Å². The molecule has 73 valence electrons. The maximum absolute atomic E-state index is 11.7. The number of hydrogen-bond acceptors (Lipinski definition) is 1. The molecule has 1 rings (SSSR count). The van der Waals surface area contributed by atoms with E-state index in [9.17, 15) is 26.3 Å². The fraction of sp³-hybridized carbons (Fsp3) is 0.400. The fourth-order valence-corrected chi connectivity index (χ4v) is 0.567. The lowest BCUT2D eigenvalue weighted by atomic mass is 10.5. The standard InChI is InChI=1S/C5HF6N2/c6-4(7,8)2-1-12-3(13-2)5(9,10)11/h1H. The van der Waals surface area contributed by atoms with Gasteiger partial charge >= 0.3 is 12.4 Å². The molecule has 1 heterocycles. The summed E-state index contributed by atoms with van der Waals surface area (Å²) in [4.78, 5) is 2.29. The normalized spacial score (nSPS) is 18.0. The van der Waals surface area contributed by atoms with E-state index in [0.29, 0.717) is 0 Å². The molecule has 0 amide bonds. The Morgan fingerprint density at radius 2 is 1.46 bits per heavy atom. The lowest BCUT2D eigenvalue weighted by Gasteiger charge is -2.03. The first-order chi connectivity index (χ1) is 5.71. The number of hydrogen-bond donors (Lipinski definition) is 0. The summed E-state index contributed by atoms with van der Waals surface area (Å²) in [5.41, 5.74) is -1.64. The van der Waals surface area contributed by atoms with Crippen LogP contribution in [-0.2, 0) is 0 Å². The van der Waals surface area contributed by atoms with Crippen LogP contribution in [0.3, 0.4) is 0 Å². The minimum atomic E-state index is -4.94. The second-order valence-corrected chi connectivity index (χ2v) is 2.07. The van der Waals surface area contributed by atoms with Gasteiger partial charge in [0, 0.05) is 0 Å². The summed E-state index contributed by atoms with van der Waals surface area (Å²) >= 11 is 0. The zero-order valence-corrected chi connectivity index (χ0v) is 5.74. The van der Waals surface area contributed by atoms with Gasteiger partial charge in [0.2, 0.25) is 5.84 Å². The van der Waals surface area contributed by atoms with Gasteiger partial charge < -0.3 is 0 Å². The topological polar surface area (TPSA) is 26.5 Å². The summed E-state index contributed by atoms with van der Waals surface area (Å²) in [5, 5.41) is 2.50. The molecule has 0 bridgehead atoms. The number of alkyl halides is 6. The Morgan fingerprint density at radius 1 is 0.923 bits per heavy atom. The molecule has 0 saturated carbocycles. The predicted octanol–water partition coefficient (Wildman–Crippen LogP) is 1.97. The molecule has 0 atom stereocenters. The van der Waals surface area contributed by atoms with E-state index in [0.717, 1.165) is 0 Å². The van der Waals surface area contributed by atoms with Crippen LogP contribution < -0.4 is 5.32 Å². The Hall–Kier alpha value is -1.21. The van der Waals surface area contributed by atoms with Crippen LogP contribution in [0.1, 0.15) is 0 Å². The van der Waals surface area contributed by atoms with E-state index in [1.54, 1.807) is 0 Å². The average molecular weight is 203 g/mol. The van der Waals surface area contributed by atoms with Crippen LogP contribution >= 0.6 is 0 Å². The van der Waals surface area contributed by atoms with E-state index >= 15 is 0 Å². The number of aliphatic imine (C=N–C) groups is 1. The van der Waals surface area contributed by atoms with Crippen molar-refractivity contribution in [2.24, 2.45) is 4.99 Å². The molecule has 0 spiro atoms. The maximum Gasteiger partial charge on any atom is 0.451 e. The van der Waals surface area contributed by atoms with E-state index in [2.05, 4.69) is 10.3 Å². The van der Waals surface area contributed by atoms with Crippen LogP contribution in [0.25, 0.3) is 0 Å². The molecular weight excluding hydrogens is 202 g/mol. The smallest absolute Gasteiger partial charge is 0.231 e. The van der Waals surface area contributed by atoms with Gasteiger partial charge in [-0.05, 0) is 0 Å². The Bertz CT molecular complexity index is 270. The minimum absolute atomic E-state index is 0.0445. The average Bonchev–Trinajstić information content (AvgIpc) is 2.28. The molecule has 1 radical (unpaired) electrons. The number of halogens is 6. The number of nitrogens with zero attached hydrogens (tertiary/aromatic N) is 2. The Balaban J connectivity index is 2.84. The maximum atomic E-state index is 11.7. The molecule has 0 N–H and O–H groups in total. The Morgan fingerprint density at radius 3 is 1.69 bits per heavy atom. The molecule has 0 aromatic rings. The SMILES string of the molecule is FC(F)(F)C1=C[N]C(C(F)(F)F)=N1. The van der Waals surface area contributed by atoms with Crippen LogP contribution in [0.4, 0.5) is 26.3 Å². The monoisotopic (exact) mass is 203 g/mol. The van der Waals surface area contributed by atoms with Crippen molar-refractivity contribution in [2.75, 3.05) is 0 Å². The van der Waals surface area contributed by atoms with E-state index in [4.69, 9.17) is 0 Å². The van der Waals surface area contributed by atoms with Gasteiger partial charge in [-0.15, -0.1) is 0 Å². The summed E-state index contributed by atoms with van der Waals surface area (Å²) < 4.78 is 70.2. The second kappa shape index (κ2) is 2.64. The first-order valence-electron chi connectivity index (χ1n) is 2.85. The summed E-state index contributed by atoms with van der Waals surface area (Å²) in [6.07, 6.45) is -9.79. The molecule has 8 heteroatoms. The third-order valence-electron chi connectivity index (χ3n) is 1.08. The van der Waals surface area contributed by atoms with Crippen molar-refractivity contribution in [1.82, 2.24) is 5.32 Å². The third kappa shape index (κ3) is 2.13. The van der Waals surface area contributed by atoms with E-state index in [1.165, 1.54) is 0 Å². The highest BCUT2D eigenvalue weighted by atomic mass is 19.4. The van der Waals surface area contributed by atoms with Gasteiger partial charge in [0.25, 0.3) is 0 Å². The molecule has 1 aliphatic heterocycles. The molecule has 0 aromatic carbocycles. The van der Waals surface area contributed by atoms with Crippen molar-refractivity contribution >= 4 is 5.84 Å². The Labute approximate surface area is 67.9 Å². The fourth-order valence-electron chi connectivity index (χ4n) is 0.567. The van der Waals surface area contributed by atoms with E-state index in [1.807, 2.05) is 0 Å². The van der Waals surface area contributed by atoms with Crippen LogP contribution in [0, 0.1) is 0 Å². The molecule has 0 aromatic heterocycles. The van der Waals surface area contributed by atoms with E-state index in [-0.39, 0.29) is 6.20 Å². The zero-order valence-electron chi connectivity index (χ0n) is 5.74. The largest absolute Gasteiger partial charge is 0.451 e. The van der Waals surface area contributed by atoms with Gasteiger partial charge in [-0.3, -0.25) is 0 Å². The van der Waals surface area contributed by atoms with Gasteiger partial charge in [0.1, 0.15) is 0 Å². The van der Waals surface area contributed by atoms with Gasteiger partial charge in [-0.2, -0.15) is 26.3 Å². The summed E-state index contributed by atoms with van der Waals surface area (Å²) in [6, 6.07) is 0. The number of amidine groups is 1. The highest BCUT2D eigenvalue weighted by Gasteiger charge is 2.44. The third-order valence-corrected chi connectivity index (χ3v) is 1.08. The van der Waals surface area contributed by atoms with Crippen LogP contribution in [0.2, 0.25) is 0 Å². The molecule has 13 heavy (non-hydrogen) atoms. The number of rotatable bonds is 0. The van der Waals surface area contributed by atoms with Gasteiger partial charge in [0.05, 0.1) is 6.20 Å². The quantitative estimate of drug-likeness (QED) is 0.538. The van der Waals surface area contributed by atoms with E-state index < -0.39 is 23.9 Å². The summed E-state index contributed by atoms with van der Waals surface area (Å²) in [5.74, 6) is -1.78. The number of allylic oxidation sites excluding steroid dienone is 1. The predicted molar refractivity (Wildman–Crippen MR) is 29.8 cm³/mol. The molecular formula is C5HF6N2. The molecule has 0 unspecified atom stereocenters. The molecule has 0 aliphatic carbocycles. The molecule has 0 fully saturated rings. The lowest BCUT2D eigenvalue weighted by molar-refractivity contribution is -0.0925. The van der Waals surface area contributed by atoms with Gasteiger partial charge in [-0.25, -0.2) is 10.3 Å².